The second kappa shape index (κ2) is 9.27. The van der Waals surface area contributed by atoms with Crippen LogP contribution in [0.2, 0.25) is 5.02 Å². The monoisotopic (exact) mass is 315 g/mol. The number of carbonyl (C=O) groups excluding carboxylic acids is 1. The second-order valence-corrected chi connectivity index (χ2v) is 6.74. The number of hydrogen-bond acceptors (Lipinski definition) is 3. The lowest BCUT2D eigenvalue weighted by Crippen LogP contribution is -2.32. The summed E-state index contributed by atoms with van der Waals surface area (Å²) in [4.78, 5) is 12.7. The normalized spacial score (nSPS) is 12.4. The van der Waals surface area contributed by atoms with Crippen molar-refractivity contribution in [3.05, 3.63) is 29.3 Å². The fourth-order valence-electron chi connectivity index (χ4n) is 1.74. The molecule has 1 atom stereocenters. The van der Waals surface area contributed by atoms with Crippen molar-refractivity contribution >= 4 is 29.3 Å². The summed E-state index contributed by atoms with van der Waals surface area (Å²) in [5, 5.41) is 13.1. The first-order chi connectivity index (χ1) is 9.47. The van der Waals surface area contributed by atoms with Gasteiger partial charge in [-0.2, -0.15) is 0 Å². The highest BCUT2D eigenvalue weighted by Crippen LogP contribution is 2.20. The maximum atomic E-state index is 11.6. The van der Waals surface area contributed by atoms with Crippen LogP contribution in [-0.4, -0.2) is 29.4 Å². The van der Waals surface area contributed by atoms with Crippen molar-refractivity contribution in [2.75, 3.05) is 12.3 Å². The zero-order chi connectivity index (χ0) is 15.0. The molecule has 5 heteroatoms. The molecule has 1 unspecified atom stereocenters. The molecule has 112 valence electrons. The van der Waals surface area contributed by atoms with Crippen LogP contribution in [0.5, 0.6) is 0 Å². The van der Waals surface area contributed by atoms with E-state index in [-0.39, 0.29) is 5.91 Å². The molecule has 0 radical (unpaired) electrons. The second-order valence-electron chi connectivity index (χ2n) is 5.14. The number of amides is 1. The molecule has 2 N–H and O–H groups in total. The summed E-state index contributed by atoms with van der Waals surface area (Å²) < 4.78 is 0. The van der Waals surface area contributed by atoms with Gasteiger partial charge in [-0.3, -0.25) is 4.79 Å². The molecule has 0 heterocycles. The molecule has 1 rings (SSSR count). The first kappa shape index (κ1) is 17.3. The zero-order valence-electron chi connectivity index (χ0n) is 11.9. The summed E-state index contributed by atoms with van der Waals surface area (Å²) in [6.07, 6.45) is 0.699. The lowest BCUT2D eigenvalue weighted by Gasteiger charge is -2.13. The predicted molar refractivity (Wildman–Crippen MR) is 85.3 cm³/mol. The van der Waals surface area contributed by atoms with Gasteiger partial charge < -0.3 is 10.4 Å². The number of halogens is 1. The van der Waals surface area contributed by atoms with Crippen LogP contribution in [0, 0.1) is 5.92 Å². The third-order valence-corrected chi connectivity index (χ3v) is 3.96. The third-order valence-electron chi connectivity index (χ3n) is 2.69. The lowest BCUT2D eigenvalue weighted by molar-refractivity contribution is -0.121. The number of benzene rings is 1. The predicted octanol–water partition coefficient (Wildman–Crippen LogP) is 3.35. The van der Waals surface area contributed by atoms with E-state index >= 15 is 0 Å². The van der Waals surface area contributed by atoms with Crippen molar-refractivity contribution in [2.24, 2.45) is 5.92 Å². The summed E-state index contributed by atoms with van der Waals surface area (Å²) in [5.74, 6) is 1.13. The van der Waals surface area contributed by atoms with Gasteiger partial charge in [-0.1, -0.05) is 25.4 Å². The highest BCUT2D eigenvalue weighted by Gasteiger charge is 2.09. The van der Waals surface area contributed by atoms with Gasteiger partial charge in [0.05, 0.1) is 6.10 Å². The van der Waals surface area contributed by atoms with Crippen LogP contribution >= 0.6 is 23.4 Å². The minimum absolute atomic E-state index is 0.0192. The highest BCUT2D eigenvalue weighted by atomic mass is 35.5. The Bertz CT molecular complexity index is 409. The van der Waals surface area contributed by atoms with Gasteiger partial charge in [-0.05, 0) is 36.6 Å². The average molecular weight is 316 g/mol. The molecule has 0 saturated heterocycles. The van der Waals surface area contributed by atoms with E-state index in [4.69, 9.17) is 11.6 Å². The van der Waals surface area contributed by atoms with Crippen LogP contribution in [0.3, 0.4) is 0 Å². The molecule has 0 saturated carbocycles. The number of rotatable bonds is 8. The van der Waals surface area contributed by atoms with E-state index in [1.807, 2.05) is 38.1 Å². The number of nitrogens with one attached hydrogen (secondary N) is 1. The van der Waals surface area contributed by atoms with E-state index < -0.39 is 6.10 Å². The largest absolute Gasteiger partial charge is 0.391 e. The molecule has 1 amide bonds. The van der Waals surface area contributed by atoms with Gasteiger partial charge in [0.2, 0.25) is 5.91 Å². The van der Waals surface area contributed by atoms with Crippen LogP contribution < -0.4 is 5.32 Å². The van der Waals surface area contributed by atoms with Gasteiger partial charge in [-0.25, -0.2) is 0 Å². The first-order valence-corrected chi connectivity index (χ1v) is 8.17. The van der Waals surface area contributed by atoms with Crippen LogP contribution in [0.15, 0.2) is 29.2 Å². The summed E-state index contributed by atoms with van der Waals surface area (Å²) in [6, 6.07) is 7.56. The van der Waals surface area contributed by atoms with Crippen molar-refractivity contribution in [3.63, 3.8) is 0 Å². The minimum atomic E-state index is -0.456. The molecule has 1 aromatic carbocycles. The first-order valence-electron chi connectivity index (χ1n) is 6.80. The van der Waals surface area contributed by atoms with Crippen molar-refractivity contribution in [1.29, 1.82) is 0 Å². The topological polar surface area (TPSA) is 49.3 Å². The van der Waals surface area contributed by atoms with Gasteiger partial charge in [0.15, 0.2) is 0 Å². The summed E-state index contributed by atoms with van der Waals surface area (Å²) >= 11 is 7.43. The van der Waals surface area contributed by atoms with Gasteiger partial charge in [0.25, 0.3) is 0 Å². The van der Waals surface area contributed by atoms with Gasteiger partial charge in [0.1, 0.15) is 0 Å². The fraction of sp³-hybridized carbons (Fsp3) is 0.533. The Morgan fingerprint density at radius 3 is 2.60 bits per heavy atom. The van der Waals surface area contributed by atoms with E-state index in [0.29, 0.717) is 36.1 Å². The molecule has 0 bridgehead atoms. The quantitative estimate of drug-likeness (QED) is 0.723. The molecule has 0 aliphatic heterocycles. The Morgan fingerprint density at radius 2 is 2.00 bits per heavy atom. The molecule has 0 fully saturated rings. The Balaban J connectivity index is 2.15. The molecule has 0 spiro atoms. The summed E-state index contributed by atoms with van der Waals surface area (Å²) in [5.41, 5.74) is 0. The molecule has 20 heavy (non-hydrogen) atoms. The third kappa shape index (κ3) is 7.78. The lowest BCUT2D eigenvalue weighted by atomic mass is 10.1. The average Bonchev–Trinajstić information content (AvgIpc) is 2.38. The number of hydrogen-bond donors (Lipinski definition) is 2. The standard InChI is InChI=1S/C15H22ClNO2S/c1-11(2)9-13(18)10-17-15(19)7-8-20-14-5-3-12(16)4-6-14/h3-6,11,13,18H,7-10H2,1-2H3,(H,17,19). The fourth-order valence-corrected chi connectivity index (χ4v) is 2.72. The van der Waals surface area contributed by atoms with Gasteiger partial charge in [0, 0.05) is 28.6 Å². The summed E-state index contributed by atoms with van der Waals surface area (Å²) in [6.45, 7) is 4.43. The van der Waals surface area contributed by atoms with Crippen molar-refractivity contribution < 1.29 is 9.90 Å². The minimum Gasteiger partial charge on any atom is -0.391 e. The zero-order valence-corrected chi connectivity index (χ0v) is 13.5. The van der Waals surface area contributed by atoms with Crippen LogP contribution in [-0.2, 0) is 4.79 Å². The maximum Gasteiger partial charge on any atom is 0.220 e. The molecule has 0 aliphatic carbocycles. The Morgan fingerprint density at radius 1 is 1.35 bits per heavy atom. The maximum absolute atomic E-state index is 11.6. The highest BCUT2D eigenvalue weighted by molar-refractivity contribution is 7.99. The van der Waals surface area contributed by atoms with Crippen molar-refractivity contribution in [1.82, 2.24) is 5.32 Å². The van der Waals surface area contributed by atoms with E-state index in [2.05, 4.69) is 5.32 Å². The van der Waals surface area contributed by atoms with Gasteiger partial charge >= 0.3 is 0 Å². The molecule has 1 aromatic rings. The van der Waals surface area contributed by atoms with E-state index in [9.17, 15) is 9.90 Å². The SMILES string of the molecule is CC(C)CC(O)CNC(=O)CCSc1ccc(Cl)cc1. The molecule has 0 aliphatic rings. The Kier molecular flexibility index (Phi) is 8.04. The van der Waals surface area contributed by atoms with Crippen LogP contribution in [0.1, 0.15) is 26.7 Å². The number of aliphatic hydroxyl groups excluding tert-OH is 1. The van der Waals surface area contributed by atoms with Crippen molar-refractivity contribution in [2.45, 2.75) is 37.7 Å². The number of aliphatic hydroxyl groups is 1. The molecule has 0 aromatic heterocycles. The molecule has 3 nitrogen and oxygen atoms in total. The van der Waals surface area contributed by atoms with Gasteiger partial charge in [-0.15, -0.1) is 11.8 Å². The summed E-state index contributed by atoms with van der Waals surface area (Å²) in [7, 11) is 0. The Hall–Kier alpha value is -0.710. The number of thioether (sulfide) groups is 1. The molecular formula is C15H22ClNO2S. The molecular weight excluding hydrogens is 294 g/mol. The van der Waals surface area contributed by atoms with E-state index in [1.165, 1.54) is 0 Å². The van der Waals surface area contributed by atoms with Crippen LogP contribution in [0.25, 0.3) is 0 Å². The number of carbonyl (C=O) groups is 1. The van der Waals surface area contributed by atoms with E-state index in [1.54, 1.807) is 11.8 Å². The Labute approximate surface area is 130 Å². The van der Waals surface area contributed by atoms with E-state index in [0.717, 1.165) is 4.90 Å². The van der Waals surface area contributed by atoms with Crippen molar-refractivity contribution in [3.8, 4) is 0 Å². The smallest absolute Gasteiger partial charge is 0.220 e. The van der Waals surface area contributed by atoms with Crippen LogP contribution in [0.4, 0.5) is 0 Å².